The second kappa shape index (κ2) is 15.7. The highest BCUT2D eigenvalue weighted by atomic mass is 16.4. The van der Waals surface area contributed by atoms with E-state index in [1.165, 1.54) is 57.8 Å². The first-order valence-corrected chi connectivity index (χ1v) is 8.99. The first kappa shape index (κ1) is 21.8. The van der Waals surface area contributed by atoms with Gasteiger partial charge in [-0.1, -0.05) is 64.7 Å². The monoisotopic (exact) mass is 319 g/mol. The molecule has 0 rings (SSSR count). The fourth-order valence-corrected chi connectivity index (χ4v) is 2.47. The summed E-state index contributed by atoms with van der Waals surface area (Å²) < 4.78 is 0. The van der Waals surface area contributed by atoms with Crippen molar-refractivity contribution in [3.63, 3.8) is 0 Å². The Balaban J connectivity index is 3.26. The molecule has 0 spiro atoms. The molecule has 0 aromatic carbocycles. The van der Waals surface area contributed by atoms with Crippen LogP contribution in [0.25, 0.3) is 0 Å². The Morgan fingerprint density at radius 1 is 0.727 bits per heavy atom. The van der Waals surface area contributed by atoms with Gasteiger partial charge >= 0.3 is 0 Å². The molecule has 134 valence electrons. The van der Waals surface area contributed by atoms with Crippen LogP contribution in [0, 0.1) is 0 Å². The van der Waals surface area contributed by atoms with Crippen LogP contribution in [0.2, 0.25) is 0 Å². The molecule has 0 heterocycles. The molecule has 3 atom stereocenters. The number of nitrogens with one attached hydrogen (secondary N) is 1. The maximum absolute atomic E-state index is 9.60. The summed E-state index contributed by atoms with van der Waals surface area (Å²) in [7, 11) is 0. The van der Waals surface area contributed by atoms with Crippen LogP contribution in [0.4, 0.5) is 0 Å². The Bertz CT molecular complexity index is 229. The number of unbranched alkanes of at least 4 members (excludes halogenated alkanes) is 9. The van der Waals surface area contributed by atoms with E-state index in [4.69, 9.17) is 5.11 Å². The third-order valence-corrected chi connectivity index (χ3v) is 4.04. The minimum atomic E-state index is -1.30. The van der Waals surface area contributed by atoms with Gasteiger partial charge in [-0.15, -0.1) is 0 Å². The zero-order valence-corrected chi connectivity index (χ0v) is 14.2. The summed E-state index contributed by atoms with van der Waals surface area (Å²) in [6, 6.07) is 0. The van der Waals surface area contributed by atoms with Crippen LogP contribution in [0.1, 0.15) is 71.1 Å². The molecule has 0 aromatic rings. The van der Waals surface area contributed by atoms with E-state index in [9.17, 15) is 15.3 Å². The van der Waals surface area contributed by atoms with Crippen molar-refractivity contribution in [2.24, 2.45) is 0 Å². The summed E-state index contributed by atoms with van der Waals surface area (Å²) in [6.45, 7) is 2.73. The van der Waals surface area contributed by atoms with E-state index in [0.29, 0.717) is 0 Å². The van der Waals surface area contributed by atoms with E-state index in [1.807, 2.05) is 0 Å². The summed E-state index contributed by atoms with van der Waals surface area (Å²) in [4.78, 5) is 0. The zero-order valence-electron chi connectivity index (χ0n) is 14.2. The molecular weight excluding hydrogens is 282 g/mol. The maximum atomic E-state index is 9.60. The highest BCUT2D eigenvalue weighted by Gasteiger charge is 2.23. The molecule has 0 amide bonds. The smallest absolute Gasteiger partial charge is 0.109 e. The third kappa shape index (κ3) is 12.4. The average Bonchev–Trinajstić information content (AvgIpc) is 2.54. The zero-order chi connectivity index (χ0) is 16.6. The first-order chi connectivity index (χ1) is 10.6. The van der Waals surface area contributed by atoms with Crippen molar-refractivity contribution in [3.05, 3.63) is 0 Å². The SMILES string of the molecule is CCCCCCCCCCCCNC[C@H](O)[C@@H](O)[C@H](O)CO. The Morgan fingerprint density at radius 3 is 1.73 bits per heavy atom. The van der Waals surface area contributed by atoms with Gasteiger partial charge in [-0.3, -0.25) is 0 Å². The van der Waals surface area contributed by atoms with Crippen molar-refractivity contribution in [2.45, 2.75) is 89.4 Å². The van der Waals surface area contributed by atoms with Crippen LogP contribution < -0.4 is 5.32 Å². The van der Waals surface area contributed by atoms with Crippen LogP contribution in [0.15, 0.2) is 0 Å². The minimum Gasteiger partial charge on any atom is -0.394 e. The normalized spacial score (nSPS) is 15.7. The van der Waals surface area contributed by atoms with E-state index < -0.39 is 24.9 Å². The van der Waals surface area contributed by atoms with Crippen LogP contribution in [-0.2, 0) is 0 Å². The standard InChI is InChI=1S/C17H37NO4/c1-2-3-4-5-6-7-8-9-10-11-12-18-13-15(20)17(22)16(21)14-19/h15-22H,2-14H2,1H3/t15-,16+,17+/m0/s1. The summed E-state index contributed by atoms with van der Waals surface area (Å²) in [5, 5.41) is 40.0. The molecule has 5 nitrogen and oxygen atoms in total. The molecule has 0 saturated heterocycles. The predicted molar refractivity (Wildman–Crippen MR) is 89.8 cm³/mol. The molecule has 5 N–H and O–H groups in total. The quantitative estimate of drug-likeness (QED) is 0.279. The van der Waals surface area contributed by atoms with Crippen molar-refractivity contribution in [3.8, 4) is 0 Å². The van der Waals surface area contributed by atoms with E-state index in [-0.39, 0.29) is 6.54 Å². The molecule has 0 aliphatic heterocycles. The molecule has 0 aromatic heterocycles. The van der Waals surface area contributed by atoms with Gasteiger partial charge in [0.25, 0.3) is 0 Å². The molecule has 0 fully saturated rings. The van der Waals surface area contributed by atoms with Crippen molar-refractivity contribution in [2.75, 3.05) is 19.7 Å². The number of aliphatic hydroxyl groups is 4. The van der Waals surface area contributed by atoms with Gasteiger partial charge in [0, 0.05) is 6.54 Å². The Labute approximate surface area is 135 Å². The molecule has 22 heavy (non-hydrogen) atoms. The summed E-state index contributed by atoms with van der Waals surface area (Å²) in [5.41, 5.74) is 0. The second-order valence-corrected chi connectivity index (χ2v) is 6.19. The molecule has 0 saturated carbocycles. The molecule has 0 radical (unpaired) electrons. The van der Waals surface area contributed by atoms with Gasteiger partial charge in [0.05, 0.1) is 12.7 Å². The van der Waals surface area contributed by atoms with Gasteiger partial charge in [-0.2, -0.15) is 0 Å². The minimum absolute atomic E-state index is 0.232. The lowest BCUT2D eigenvalue weighted by Crippen LogP contribution is -2.44. The Hall–Kier alpha value is -0.200. The highest BCUT2D eigenvalue weighted by Crippen LogP contribution is 2.10. The molecule has 0 aliphatic rings. The van der Waals surface area contributed by atoms with Crippen LogP contribution in [0.5, 0.6) is 0 Å². The first-order valence-electron chi connectivity index (χ1n) is 8.99. The lowest BCUT2D eigenvalue weighted by atomic mass is 10.1. The second-order valence-electron chi connectivity index (χ2n) is 6.19. The lowest BCUT2D eigenvalue weighted by Gasteiger charge is -2.21. The fraction of sp³-hybridized carbons (Fsp3) is 1.00. The van der Waals surface area contributed by atoms with Crippen molar-refractivity contribution in [1.29, 1.82) is 0 Å². The number of hydrogen-bond donors (Lipinski definition) is 5. The van der Waals surface area contributed by atoms with E-state index in [0.717, 1.165) is 13.0 Å². The molecule has 0 unspecified atom stereocenters. The number of aliphatic hydroxyl groups excluding tert-OH is 4. The molecule has 5 heteroatoms. The Kier molecular flexibility index (Phi) is 15.5. The summed E-state index contributed by atoms with van der Waals surface area (Å²) in [6.07, 6.45) is 9.26. The largest absolute Gasteiger partial charge is 0.394 e. The van der Waals surface area contributed by atoms with Gasteiger partial charge in [-0.25, -0.2) is 0 Å². The molecule has 0 aliphatic carbocycles. The van der Waals surface area contributed by atoms with Crippen LogP contribution in [0.3, 0.4) is 0 Å². The summed E-state index contributed by atoms with van der Waals surface area (Å²) >= 11 is 0. The van der Waals surface area contributed by atoms with Crippen LogP contribution >= 0.6 is 0 Å². The number of hydrogen-bond acceptors (Lipinski definition) is 5. The predicted octanol–water partition coefficient (Wildman–Crippen LogP) is 1.57. The van der Waals surface area contributed by atoms with E-state index in [2.05, 4.69) is 12.2 Å². The van der Waals surface area contributed by atoms with Gasteiger partial charge in [0.15, 0.2) is 0 Å². The number of rotatable bonds is 16. The highest BCUT2D eigenvalue weighted by molar-refractivity contribution is 4.76. The Morgan fingerprint density at radius 2 is 1.23 bits per heavy atom. The topological polar surface area (TPSA) is 93.0 Å². The van der Waals surface area contributed by atoms with Gasteiger partial charge in [0.1, 0.15) is 12.2 Å². The summed E-state index contributed by atoms with van der Waals surface area (Å²) in [5.74, 6) is 0. The third-order valence-electron chi connectivity index (χ3n) is 4.04. The lowest BCUT2D eigenvalue weighted by molar-refractivity contribution is -0.0749. The molecule has 0 bridgehead atoms. The van der Waals surface area contributed by atoms with E-state index in [1.54, 1.807) is 0 Å². The fourth-order valence-electron chi connectivity index (χ4n) is 2.47. The van der Waals surface area contributed by atoms with Crippen molar-refractivity contribution < 1.29 is 20.4 Å². The van der Waals surface area contributed by atoms with Crippen molar-refractivity contribution >= 4 is 0 Å². The maximum Gasteiger partial charge on any atom is 0.109 e. The van der Waals surface area contributed by atoms with Gasteiger partial charge in [-0.05, 0) is 13.0 Å². The van der Waals surface area contributed by atoms with Crippen molar-refractivity contribution in [1.82, 2.24) is 5.32 Å². The van der Waals surface area contributed by atoms with E-state index >= 15 is 0 Å². The molecular formula is C17H37NO4. The van der Waals surface area contributed by atoms with Gasteiger partial charge in [0.2, 0.25) is 0 Å². The van der Waals surface area contributed by atoms with Gasteiger partial charge < -0.3 is 25.7 Å². The van der Waals surface area contributed by atoms with Crippen LogP contribution in [-0.4, -0.2) is 58.4 Å². The average molecular weight is 319 g/mol.